The lowest BCUT2D eigenvalue weighted by atomic mass is 10.1. The zero-order valence-electron chi connectivity index (χ0n) is 8.66. The average molecular weight is 204 g/mol. The highest BCUT2D eigenvalue weighted by atomic mass is 19.2. The Morgan fingerprint density at radius 1 is 1.00 bits per heavy atom. The molecule has 0 aromatic heterocycles. The van der Waals surface area contributed by atoms with Gasteiger partial charge in [-0.05, 0) is 6.92 Å². The van der Waals surface area contributed by atoms with Crippen molar-refractivity contribution >= 4 is 5.69 Å². The molecule has 0 spiro atoms. The first-order valence-corrected chi connectivity index (χ1v) is 4.21. The van der Waals surface area contributed by atoms with Crippen LogP contribution in [0.5, 0.6) is 0 Å². The summed E-state index contributed by atoms with van der Waals surface area (Å²) in [5.41, 5.74) is -0.130. The van der Waals surface area contributed by atoms with Gasteiger partial charge < -0.3 is 0 Å². The molecule has 1 nitrogen and oxygen atoms in total. The molecule has 0 radical (unpaired) electrons. The first-order chi connectivity index (χ1) is 6.25. The van der Waals surface area contributed by atoms with E-state index in [1.165, 1.54) is 6.92 Å². The molecule has 0 saturated carbocycles. The number of halogens is 3. The summed E-state index contributed by atoms with van der Waals surface area (Å²) in [5.74, 6) is -2.80. The van der Waals surface area contributed by atoms with Crippen molar-refractivity contribution in [3.05, 3.63) is 29.1 Å². The normalized spacial score (nSPS) is 11.9. The largest absolute Gasteiger partial charge is 0.296 e. The van der Waals surface area contributed by atoms with E-state index >= 15 is 0 Å². The second kappa shape index (κ2) is 3.28. The van der Waals surface area contributed by atoms with Crippen LogP contribution in [-0.2, 0) is 0 Å². The van der Waals surface area contributed by atoms with Crippen molar-refractivity contribution in [1.29, 1.82) is 0 Å². The van der Waals surface area contributed by atoms with Gasteiger partial charge in [0, 0.05) is 11.6 Å². The maximum atomic E-state index is 13.5. The van der Waals surface area contributed by atoms with Gasteiger partial charge in [-0.1, -0.05) is 0 Å². The Labute approximate surface area is 81.4 Å². The molecule has 0 atom stereocenters. The van der Waals surface area contributed by atoms with E-state index < -0.39 is 17.5 Å². The minimum Gasteiger partial charge on any atom is -0.296 e. The van der Waals surface area contributed by atoms with Gasteiger partial charge in [0.05, 0.1) is 21.1 Å². The van der Waals surface area contributed by atoms with Crippen LogP contribution in [0, 0.1) is 24.4 Å². The van der Waals surface area contributed by atoms with Crippen LogP contribution in [0.2, 0.25) is 0 Å². The highest BCUT2D eigenvalue weighted by Gasteiger charge is 2.24. The Balaban J connectivity index is 3.49. The predicted octanol–water partition coefficient (Wildman–Crippen LogP) is 2.61. The van der Waals surface area contributed by atoms with Gasteiger partial charge in [-0.2, -0.15) is 4.39 Å². The highest BCUT2D eigenvalue weighted by Crippen LogP contribution is 2.27. The van der Waals surface area contributed by atoms with Gasteiger partial charge in [-0.15, -0.1) is 0 Å². The first-order valence-electron chi connectivity index (χ1n) is 4.21. The van der Waals surface area contributed by atoms with Gasteiger partial charge in [-0.25, -0.2) is 8.78 Å². The second-order valence-corrected chi connectivity index (χ2v) is 4.14. The van der Waals surface area contributed by atoms with Crippen molar-refractivity contribution in [2.75, 3.05) is 21.1 Å². The van der Waals surface area contributed by atoms with Crippen LogP contribution in [0.15, 0.2) is 6.07 Å². The maximum Gasteiger partial charge on any atom is 0.189 e. The van der Waals surface area contributed by atoms with Crippen molar-refractivity contribution in [3.63, 3.8) is 0 Å². The fourth-order valence-electron chi connectivity index (χ4n) is 1.20. The van der Waals surface area contributed by atoms with Gasteiger partial charge in [-0.3, -0.25) is 4.48 Å². The Bertz CT molecular complexity index is 367. The maximum absolute atomic E-state index is 13.5. The summed E-state index contributed by atoms with van der Waals surface area (Å²) in [6.45, 7) is 1.23. The van der Waals surface area contributed by atoms with E-state index in [4.69, 9.17) is 0 Å². The predicted molar refractivity (Wildman–Crippen MR) is 50.6 cm³/mol. The van der Waals surface area contributed by atoms with E-state index in [0.29, 0.717) is 0 Å². The van der Waals surface area contributed by atoms with Crippen LogP contribution in [0.1, 0.15) is 5.56 Å². The van der Waals surface area contributed by atoms with E-state index in [-0.39, 0.29) is 15.7 Å². The van der Waals surface area contributed by atoms with E-state index in [1.54, 1.807) is 21.1 Å². The lowest BCUT2D eigenvalue weighted by Crippen LogP contribution is -2.36. The fraction of sp³-hybridized carbons (Fsp3) is 0.400. The van der Waals surface area contributed by atoms with E-state index in [9.17, 15) is 13.2 Å². The molecule has 4 heteroatoms. The molecule has 1 aromatic rings. The standard InChI is InChI=1S/C10H13F3N/c1-6-9(12)7(11)5-8(10(6)13)14(2,3)4/h5H,1-4H3/q+1. The lowest BCUT2D eigenvalue weighted by molar-refractivity contribution is 0.433. The average Bonchev–Trinajstić information content (AvgIpc) is 2.06. The van der Waals surface area contributed by atoms with Gasteiger partial charge in [0.1, 0.15) is 0 Å². The van der Waals surface area contributed by atoms with E-state index in [0.717, 1.165) is 6.07 Å². The molecule has 0 aliphatic carbocycles. The lowest BCUT2D eigenvalue weighted by Gasteiger charge is -2.24. The number of benzene rings is 1. The molecular formula is C10H13F3N+. The molecule has 0 bridgehead atoms. The topological polar surface area (TPSA) is 0 Å². The SMILES string of the molecule is Cc1c(F)c(F)cc([N+](C)(C)C)c1F. The molecule has 0 amide bonds. The molecule has 0 fully saturated rings. The molecule has 14 heavy (non-hydrogen) atoms. The van der Waals surface area contributed by atoms with Gasteiger partial charge in [0.15, 0.2) is 23.1 Å². The quantitative estimate of drug-likeness (QED) is 0.487. The molecule has 0 saturated heterocycles. The zero-order valence-corrected chi connectivity index (χ0v) is 8.66. The Morgan fingerprint density at radius 2 is 1.50 bits per heavy atom. The van der Waals surface area contributed by atoms with Crippen LogP contribution in [0.25, 0.3) is 0 Å². The molecule has 0 aliphatic heterocycles. The molecule has 1 aromatic carbocycles. The van der Waals surface area contributed by atoms with Gasteiger partial charge in [0.25, 0.3) is 0 Å². The minimum absolute atomic E-state index is 0.115. The summed E-state index contributed by atoms with van der Waals surface area (Å²) in [7, 11) is 5.07. The van der Waals surface area contributed by atoms with Crippen LogP contribution in [-0.4, -0.2) is 21.1 Å². The summed E-state index contributed by atoms with van der Waals surface area (Å²) >= 11 is 0. The number of hydrogen-bond acceptors (Lipinski definition) is 0. The summed E-state index contributed by atoms with van der Waals surface area (Å²) in [4.78, 5) is 0. The zero-order chi connectivity index (χ0) is 11.1. The summed E-state index contributed by atoms with van der Waals surface area (Å²) in [5, 5.41) is 0. The van der Waals surface area contributed by atoms with E-state index in [2.05, 4.69) is 0 Å². The van der Waals surface area contributed by atoms with Crippen LogP contribution in [0.4, 0.5) is 18.9 Å². The molecule has 0 unspecified atom stereocenters. The van der Waals surface area contributed by atoms with Crippen molar-refractivity contribution in [3.8, 4) is 0 Å². The second-order valence-electron chi connectivity index (χ2n) is 4.14. The van der Waals surface area contributed by atoms with Crippen molar-refractivity contribution < 1.29 is 13.2 Å². The fourth-order valence-corrected chi connectivity index (χ4v) is 1.20. The van der Waals surface area contributed by atoms with Gasteiger partial charge >= 0.3 is 0 Å². The van der Waals surface area contributed by atoms with Crippen molar-refractivity contribution in [2.24, 2.45) is 0 Å². The Kier molecular flexibility index (Phi) is 2.58. The third kappa shape index (κ3) is 1.75. The number of hydrogen-bond donors (Lipinski definition) is 0. The number of quaternary nitrogens is 1. The smallest absolute Gasteiger partial charge is 0.189 e. The molecule has 0 aliphatic rings. The van der Waals surface area contributed by atoms with Crippen LogP contribution >= 0.6 is 0 Å². The van der Waals surface area contributed by atoms with Gasteiger partial charge in [0.2, 0.25) is 0 Å². The first kappa shape index (κ1) is 11.0. The monoisotopic (exact) mass is 204 g/mol. The molecular weight excluding hydrogens is 191 g/mol. The molecule has 78 valence electrons. The van der Waals surface area contributed by atoms with Crippen molar-refractivity contribution in [1.82, 2.24) is 4.48 Å². The minimum atomic E-state index is -1.11. The summed E-state index contributed by atoms with van der Waals surface area (Å²) < 4.78 is 39.6. The Hall–Kier alpha value is -1.03. The Morgan fingerprint density at radius 3 is 1.93 bits per heavy atom. The van der Waals surface area contributed by atoms with Crippen LogP contribution in [0.3, 0.4) is 0 Å². The third-order valence-corrected chi connectivity index (χ3v) is 2.08. The number of nitrogens with zero attached hydrogens (tertiary/aromatic N) is 1. The van der Waals surface area contributed by atoms with E-state index in [1.807, 2.05) is 0 Å². The number of rotatable bonds is 1. The summed E-state index contributed by atoms with van der Waals surface area (Å²) in [6.07, 6.45) is 0. The molecule has 0 N–H and O–H groups in total. The van der Waals surface area contributed by atoms with Crippen molar-refractivity contribution in [2.45, 2.75) is 6.92 Å². The van der Waals surface area contributed by atoms with Crippen LogP contribution < -0.4 is 4.48 Å². The summed E-state index contributed by atoms with van der Waals surface area (Å²) in [6, 6.07) is 0.900. The third-order valence-electron chi connectivity index (χ3n) is 2.08. The molecule has 0 heterocycles. The highest BCUT2D eigenvalue weighted by molar-refractivity contribution is 5.46. The molecule has 1 rings (SSSR count).